The third kappa shape index (κ3) is 2.92. The van der Waals surface area contributed by atoms with Crippen LogP contribution in [0.4, 0.5) is 4.79 Å². The molecule has 1 unspecified atom stereocenters. The van der Waals surface area contributed by atoms with Crippen molar-refractivity contribution >= 4 is 27.4 Å². The molecule has 0 aliphatic carbocycles. The number of carbonyl (C=O) groups is 1. The standard InChI is InChI=1S/C8H12N3O2P/c1-2-3-7(10-14)6-9-11-4-5-13-8(11)12/h2-3,6H,4-5,14H2,1H3/b3-2+,9-6+,10-7-. The monoisotopic (exact) mass is 213 g/mol. The zero-order valence-electron chi connectivity index (χ0n) is 7.88. The summed E-state index contributed by atoms with van der Waals surface area (Å²) < 4.78 is 8.58. The van der Waals surface area contributed by atoms with E-state index in [0.717, 1.165) is 0 Å². The minimum Gasteiger partial charge on any atom is -0.446 e. The number of nitrogens with zero attached hydrogens (tertiary/aromatic N) is 3. The predicted molar refractivity (Wildman–Crippen MR) is 58.5 cm³/mol. The van der Waals surface area contributed by atoms with Crippen LogP contribution in [0.15, 0.2) is 22.0 Å². The lowest BCUT2D eigenvalue weighted by molar-refractivity contribution is 0.159. The average molecular weight is 213 g/mol. The molecule has 1 aliphatic heterocycles. The molecule has 0 radical (unpaired) electrons. The van der Waals surface area contributed by atoms with Gasteiger partial charge in [-0.25, -0.2) is 4.79 Å². The van der Waals surface area contributed by atoms with E-state index in [0.29, 0.717) is 18.9 Å². The number of ether oxygens (including phenoxy) is 1. The fourth-order valence-corrected chi connectivity index (χ4v) is 1.06. The van der Waals surface area contributed by atoms with E-state index in [2.05, 4.69) is 19.3 Å². The highest BCUT2D eigenvalue weighted by atomic mass is 31.0. The van der Waals surface area contributed by atoms with Gasteiger partial charge in [0.15, 0.2) is 0 Å². The second-order valence-corrected chi connectivity index (χ2v) is 2.79. The maximum absolute atomic E-state index is 11.0. The van der Waals surface area contributed by atoms with Crippen LogP contribution in [-0.2, 0) is 4.74 Å². The molecule has 0 aromatic carbocycles. The zero-order chi connectivity index (χ0) is 10.4. The van der Waals surface area contributed by atoms with Crippen molar-refractivity contribution in [3.63, 3.8) is 0 Å². The summed E-state index contributed by atoms with van der Waals surface area (Å²) in [5, 5.41) is 5.20. The fourth-order valence-electron chi connectivity index (χ4n) is 0.909. The lowest BCUT2D eigenvalue weighted by atomic mass is 10.4. The molecule has 0 aromatic rings. The fraction of sp³-hybridized carbons (Fsp3) is 0.375. The smallest absolute Gasteiger partial charge is 0.430 e. The Bertz CT molecular complexity index is 299. The first-order chi connectivity index (χ1) is 6.77. The molecule has 0 aromatic heterocycles. The second-order valence-electron chi connectivity index (χ2n) is 2.54. The Balaban J connectivity index is 2.57. The highest BCUT2D eigenvalue weighted by molar-refractivity contribution is 7.15. The minimum atomic E-state index is -0.412. The number of hydrogen-bond acceptors (Lipinski definition) is 4. The molecule has 1 rings (SSSR count). The van der Waals surface area contributed by atoms with Crippen molar-refractivity contribution in [2.24, 2.45) is 9.86 Å². The van der Waals surface area contributed by atoms with E-state index in [1.165, 1.54) is 11.2 Å². The number of allylic oxidation sites excluding steroid dienone is 2. The Hall–Kier alpha value is -1.22. The molecule has 0 saturated carbocycles. The molecule has 5 nitrogen and oxygen atoms in total. The SMILES string of the molecule is C/C=C/C(/C=N/N1CCOC1=O)=N/P. The Labute approximate surface area is 84.8 Å². The quantitative estimate of drug-likeness (QED) is 0.523. The van der Waals surface area contributed by atoms with Gasteiger partial charge in [-0.2, -0.15) is 10.1 Å². The summed E-state index contributed by atoms with van der Waals surface area (Å²) in [6.07, 6.45) is 4.74. The Morgan fingerprint density at radius 2 is 2.50 bits per heavy atom. The van der Waals surface area contributed by atoms with Crippen LogP contribution in [0, 0.1) is 0 Å². The molecular weight excluding hydrogens is 201 g/mol. The Kier molecular flexibility index (Phi) is 4.26. The molecule has 1 fully saturated rings. The second kappa shape index (κ2) is 5.50. The number of hydrazone groups is 1. The number of hydrogen-bond donors (Lipinski definition) is 0. The summed E-state index contributed by atoms with van der Waals surface area (Å²) >= 11 is 0. The lowest BCUT2D eigenvalue weighted by Gasteiger charge is -2.02. The third-order valence-electron chi connectivity index (χ3n) is 1.56. The van der Waals surface area contributed by atoms with Crippen molar-refractivity contribution in [1.82, 2.24) is 5.01 Å². The van der Waals surface area contributed by atoms with Crippen molar-refractivity contribution in [1.29, 1.82) is 0 Å². The van der Waals surface area contributed by atoms with Gasteiger partial charge in [0.25, 0.3) is 0 Å². The molecule has 76 valence electrons. The Morgan fingerprint density at radius 3 is 3.00 bits per heavy atom. The van der Waals surface area contributed by atoms with Gasteiger partial charge in [-0.05, 0) is 22.4 Å². The van der Waals surface area contributed by atoms with E-state index in [4.69, 9.17) is 4.74 Å². The highest BCUT2D eigenvalue weighted by Gasteiger charge is 2.20. The van der Waals surface area contributed by atoms with Crippen LogP contribution in [0.2, 0.25) is 0 Å². The maximum atomic E-state index is 11.0. The van der Waals surface area contributed by atoms with Crippen LogP contribution >= 0.6 is 9.39 Å². The van der Waals surface area contributed by atoms with E-state index in [1.54, 1.807) is 6.08 Å². The first-order valence-electron chi connectivity index (χ1n) is 4.16. The molecule has 1 amide bonds. The van der Waals surface area contributed by atoms with Crippen LogP contribution in [0.1, 0.15) is 6.92 Å². The Morgan fingerprint density at radius 1 is 1.71 bits per heavy atom. The van der Waals surface area contributed by atoms with Gasteiger partial charge in [0.2, 0.25) is 0 Å². The van der Waals surface area contributed by atoms with E-state index in [1.807, 2.05) is 13.0 Å². The van der Waals surface area contributed by atoms with E-state index in [9.17, 15) is 4.79 Å². The molecular formula is C8H12N3O2P. The number of amides is 1. The summed E-state index contributed by atoms with van der Waals surface area (Å²) in [7, 11) is 2.24. The molecule has 1 saturated heterocycles. The largest absolute Gasteiger partial charge is 0.446 e. The lowest BCUT2D eigenvalue weighted by Crippen LogP contribution is -2.18. The van der Waals surface area contributed by atoms with Gasteiger partial charge in [-0.3, -0.25) is 4.76 Å². The van der Waals surface area contributed by atoms with Crippen molar-refractivity contribution in [2.45, 2.75) is 6.92 Å². The topological polar surface area (TPSA) is 54.3 Å². The maximum Gasteiger partial charge on any atom is 0.430 e. The van der Waals surface area contributed by atoms with Crippen LogP contribution in [0.5, 0.6) is 0 Å². The molecule has 1 aliphatic rings. The minimum absolute atomic E-state index is 0.396. The molecule has 0 bridgehead atoms. The normalized spacial score (nSPS) is 18.6. The highest BCUT2D eigenvalue weighted by Crippen LogP contribution is 2.02. The molecule has 0 N–H and O–H groups in total. The number of cyclic esters (lactones) is 1. The first-order valence-corrected chi connectivity index (χ1v) is 4.68. The van der Waals surface area contributed by atoms with E-state index in [-0.39, 0.29) is 0 Å². The van der Waals surface area contributed by atoms with Gasteiger partial charge in [0.05, 0.1) is 18.5 Å². The van der Waals surface area contributed by atoms with E-state index < -0.39 is 6.09 Å². The van der Waals surface area contributed by atoms with Crippen LogP contribution in [-0.4, -0.2) is 36.2 Å². The van der Waals surface area contributed by atoms with Crippen LogP contribution in [0.25, 0.3) is 0 Å². The molecule has 14 heavy (non-hydrogen) atoms. The third-order valence-corrected chi connectivity index (χ3v) is 1.85. The van der Waals surface area contributed by atoms with Crippen molar-refractivity contribution in [2.75, 3.05) is 13.2 Å². The summed E-state index contributed by atoms with van der Waals surface area (Å²) in [5.41, 5.74) is 0.678. The molecule has 6 heteroatoms. The summed E-state index contributed by atoms with van der Waals surface area (Å²) in [6, 6.07) is 0. The van der Waals surface area contributed by atoms with Crippen molar-refractivity contribution < 1.29 is 9.53 Å². The van der Waals surface area contributed by atoms with Gasteiger partial charge in [0.1, 0.15) is 6.61 Å². The van der Waals surface area contributed by atoms with E-state index >= 15 is 0 Å². The summed E-state index contributed by atoms with van der Waals surface area (Å²) in [5.74, 6) is 0. The van der Waals surface area contributed by atoms with Gasteiger partial charge in [-0.1, -0.05) is 6.08 Å². The zero-order valence-corrected chi connectivity index (χ0v) is 9.04. The van der Waals surface area contributed by atoms with Crippen LogP contribution < -0.4 is 0 Å². The van der Waals surface area contributed by atoms with Crippen LogP contribution in [0.3, 0.4) is 0 Å². The predicted octanol–water partition coefficient (Wildman–Crippen LogP) is 1.23. The van der Waals surface area contributed by atoms with Gasteiger partial charge < -0.3 is 4.74 Å². The molecule has 1 atom stereocenters. The summed E-state index contributed by atoms with van der Waals surface area (Å²) in [6.45, 7) is 2.77. The van der Waals surface area contributed by atoms with Gasteiger partial charge in [-0.15, -0.1) is 0 Å². The molecule has 0 spiro atoms. The average Bonchev–Trinajstić information content (AvgIpc) is 2.59. The first kappa shape index (κ1) is 10.9. The number of rotatable bonds is 3. The van der Waals surface area contributed by atoms with Crippen molar-refractivity contribution in [3.8, 4) is 0 Å². The number of carbonyl (C=O) groups excluding carboxylic acids is 1. The van der Waals surface area contributed by atoms with Gasteiger partial charge >= 0.3 is 6.09 Å². The van der Waals surface area contributed by atoms with Gasteiger partial charge in [0, 0.05) is 0 Å². The molecule has 1 heterocycles. The summed E-state index contributed by atoms with van der Waals surface area (Å²) in [4.78, 5) is 11.0. The van der Waals surface area contributed by atoms with Crippen molar-refractivity contribution in [3.05, 3.63) is 12.2 Å².